The first-order valence-electron chi connectivity index (χ1n) is 10.5. The summed E-state index contributed by atoms with van der Waals surface area (Å²) in [7, 11) is 0. The molecule has 0 radical (unpaired) electrons. The molecule has 3 rings (SSSR count). The number of carbonyl (C=O) groups excluding carboxylic acids is 1. The third-order valence-electron chi connectivity index (χ3n) is 6.15. The summed E-state index contributed by atoms with van der Waals surface area (Å²) in [6.07, 6.45) is 6.44. The third kappa shape index (κ3) is 3.96. The van der Waals surface area contributed by atoms with Crippen molar-refractivity contribution in [1.29, 1.82) is 0 Å². The van der Waals surface area contributed by atoms with Gasteiger partial charge in [0.2, 0.25) is 5.91 Å². The van der Waals surface area contributed by atoms with E-state index in [0.29, 0.717) is 12.5 Å². The summed E-state index contributed by atoms with van der Waals surface area (Å²) in [5, 5.41) is 4.30. The normalized spacial score (nSPS) is 20.4. The highest BCUT2D eigenvalue weighted by atomic mass is 16.5. The second-order valence-electron chi connectivity index (χ2n) is 8.18. The molecule has 1 amide bonds. The number of amides is 1. The van der Waals surface area contributed by atoms with Crippen LogP contribution in [0.3, 0.4) is 0 Å². The number of allylic oxidation sites excluding steroid dienone is 1. The zero-order valence-electron chi connectivity index (χ0n) is 18.1. The predicted molar refractivity (Wildman–Crippen MR) is 115 cm³/mol. The number of aryl methyl sites for hydroxylation is 3. The van der Waals surface area contributed by atoms with E-state index < -0.39 is 0 Å². The highest BCUT2D eigenvalue weighted by Gasteiger charge is 2.23. The van der Waals surface area contributed by atoms with Crippen molar-refractivity contribution in [3.05, 3.63) is 34.6 Å². The van der Waals surface area contributed by atoms with E-state index in [1.807, 2.05) is 27.7 Å². The number of furan rings is 1. The number of hydrogen-bond donors (Lipinski definition) is 1. The molecule has 1 saturated carbocycles. The maximum Gasteiger partial charge on any atom is 0.244 e. The van der Waals surface area contributed by atoms with Crippen LogP contribution in [0.1, 0.15) is 68.9 Å². The molecule has 0 bridgehead atoms. The van der Waals surface area contributed by atoms with Gasteiger partial charge in [-0.25, -0.2) is 0 Å². The van der Waals surface area contributed by atoms with Crippen LogP contribution in [0.4, 0.5) is 0 Å². The van der Waals surface area contributed by atoms with Crippen LogP contribution in [0.5, 0.6) is 5.75 Å². The van der Waals surface area contributed by atoms with Crippen LogP contribution in [0.2, 0.25) is 0 Å². The van der Waals surface area contributed by atoms with Crippen molar-refractivity contribution in [2.75, 3.05) is 6.61 Å². The molecule has 1 N–H and O–H groups in total. The lowest BCUT2D eigenvalue weighted by molar-refractivity contribution is -0.117. The van der Waals surface area contributed by atoms with E-state index in [-0.39, 0.29) is 11.9 Å². The molecule has 1 heterocycles. The van der Waals surface area contributed by atoms with Gasteiger partial charge in [-0.1, -0.05) is 19.8 Å². The number of rotatable bonds is 5. The minimum Gasteiger partial charge on any atom is -0.493 e. The van der Waals surface area contributed by atoms with Crippen LogP contribution in [-0.4, -0.2) is 18.6 Å². The number of nitrogens with one attached hydrogen (secondary N) is 1. The lowest BCUT2D eigenvalue weighted by atomic mass is 9.86. The summed E-state index contributed by atoms with van der Waals surface area (Å²) in [5.74, 6) is 2.25. The molecule has 1 aliphatic rings. The molecule has 1 aromatic carbocycles. The summed E-state index contributed by atoms with van der Waals surface area (Å²) in [6, 6.07) is 2.38. The molecule has 2 atom stereocenters. The van der Waals surface area contributed by atoms with Gasteiger partial charge in [-0.05, 0) is 70.6 Å². The standard InChI is InChI=1S/C24H33NO3/c1-7-27-23-17(5)24-20(16(4)18(6)28-24)13-19(23)15(3)12-22(26)25-21-11-9-8-10-14(21)2/h12-14,21H,7-11H2,1-6H3,(H,25,26)/b15-12+. The first kappa shape index (κ1) is 20.5. The van der Waals surface area contributed by atoms with Gasteiger partial charge in [0, 0.05) is 28.6 Å². The maximum atomic E-state index is 12.7. The van der Waals surface area contributed by atoms with Gasteiger partial charge in [-0.3, -0.25) is 4.79 Å². The number of ether oxygens (including phenoxy) is 1. The Hall–Kier alpha value is -2.23. The van der Waals surface area contributed by atoms with Gasteiger partial charge >= 0.3 is 0 Å². The Morgan fingerprint density at radius 1 is 1.25 bits per heavy atom. The largest absolute Gasteiger partial charge is 0.493 e. The number of carbonyl (C=O) groups is 1. The lowest BCUT2D eigenvalue weighted by Gasteiger charge is -2.29. The third-order valence-corrected chi connectivity index (χ3v) is 6.15. The SMILES string of the molecule is CCOc1c(/C(C)=C/C(=O)NC2CCCCC2C)cc2c(C)c(C)oc2c1C. The molecule has 28 heavy (non-hydrogen) atoms. The Bertz CT molecular complexity index is 906. The molecular formula is C24H33NO3. The Labute approximate surface area is 168 Å². The van der Waals surface area contributed by atoms with E-state index >= 15 is 0 Å². The highest BCUT2D eigenvalue weighted by Crippen LogP contribution is 2.38. The molecule has 0 spiro atoms. The van der Waals surface area contributed by atoms with E-state index in [1.165, 1.54) is 19.3 Å². The minimum absolute atomic E-state index is 0.0171. The molecular weight excluding hydrogens is 350 g/mol. The van der Waals surface area contributed by atoms with E-state index in [1.54, 1.807) is 6.08 Å². The molecule has 4 heteroatoms. The van der Waals surface area contributed by atoms with Crippen molar-refractivity contribution in [2.45, 2.75) is 73.3 Å². The average molecular weight is 384 g/mol. The van der Waals surface area contributed by atoms with Crippen LogP contribution in [0, 0.1) is 26.7 Å². The van der Waals surface area contributed by atoms with E-state index in [4.69, 9.17) is 9.15 Å². The second kappa shape index (κ2) is 8.42. The number of fused-ring (bicyclic) bond motifs is 1. The van der Waals surface area contributed by atoms with Gasteiger partial charge in [-0.2, -0.15) is 0 Å². The molecule has 0 aliphatic heterocycles. The van der Waals surface area contributed by atoms with Crippen LogP contribution in [-0.2, 0) is 4.79 Å². The molecule has 4 nitrogen and oxygen atoms in total. The van der Waals surface area contributed by atoms with E-state index in [0.717, 1.165) is 51.2 Å². The predicted octanol–water partition coefficient (Wildman–Crippen LogP) is 5.85. The van der Waals surface area contributed by atoms with Crippen LogP contribution < -0.4 is 10.1 Å². The summed E-state index contributed by atoms with van der Waals surface area (Å²) in [6.45, 7) is 12.8. The van der Waals surface area contributed by atoms with Crippen molar-refractivity contribution < 1.29 is 13.9 Å². The van der Waals surface area contributed by atoms with Crippen molar-refractivity contribution >= 4 is 22.4 Å². The van der Waals surface area contributed by atoms with Gasteiger partial charge in [0.15, 0.2) is 0 Å². The average Bonchev–Trinajstić information content (AvgIpc) is 2.94. The Balaban J connectivity index is 1.96. The van der Waals surface area contributed by atoms with Crippen LogP contribution in [0.25, 0.3) is 16.5 Å². The Kier molecular flexibility index (Phi) is 6.17. The fourth-order valence-corrected chi connectivity index (χ4v) is 4.26. The van der Waals surface area contributed by atoms with Crippen LogP contribution in [0.15, 0.2) is 16.6 Å². The molecule has 1 aromatic heterocycles. The smallest absolute Gasteiger partial charge is 0.244 e. The fraction of sp³-hybridized carbons (Fsp3) is 0.542. The quantitative estimate of drug-likeness (QED) is 0.658. The van der Waals surface area contributed by atoms with Crippen molar-refractivity contribution in [1.82, 2.24) is 5.32 Å². The zero-order chi connectivity index (χ0) is 20.4. The lowest BCUT2D eigenvalue weighted by Crippen LogP contribution is -2.40. The zero-order valence-corrected chi connectivity index (χ0v) is 18.1. The molecule has 2 aromatic rings. The first-order chi connectivity index (χ1) is 13.3. The Morgan fingerprint density at radius 2 is 1.96 bits per heavy atom. The monoisotopic (exact) mass is 383 g/mol. The molecule has 2 unspecified atom stereocenters. The molecule has 152 valence electrons. The van der Waals surface area contributed by atoms with Gasteiger partial charge in [0.25, 0.3) is 0 Å². The second-order valence-corrected chi connectivity index (χ2v) is 8.18. The molecule has 0 saturated heterocycles. The van der Waals surface area contributed by atoms with Gasteiger partial charge < -0.3 is 14.5 Å². The summed E-state index contributed by atoms with van der Waals surface area (Å²) < 4.78 is 11.9. The van der Waals surface area contributed by atoms with Crippen molar-refractivity contribution in [2.24, 2.45) is 5.92 Å². The van der Waals surface area contributed by atoms with Crippen molar-refractivity contribution in [3.8, 4) is 5.75 Å². The van der Waals surface area contributed by atoms with E-state index in [9.17, 15) is 4.79 Å². The van der Waals surface area contributed by atoms with Crippen molar-refractivity contribution in [3.63, 3.8) is 0 Å². The number of hydrogen-bond acceptors (Lipinski definition) is 3. The van der Waals surface area contributed by atoms with E-state index in [2.05, 4.69) is 25.2 Å². The summed E-state index contributed by atoms with van der Waals surface area (Å²) in [5.41, 5.74) is 4.86. The molecule has 1 fully saturated rings. The maximum absolute atomic E-state index is 12.7. The summed E-state index contributed by atoms with van der Waals surface area (Å²) >= 11 is 0. The van der Waals surface area contributed by atoms with Gasteiger partial charge in [0.05, 0.1) is 6.61 Å². The summed E-state index contributed by atoms with van der Waals surface area (Å²) in [4.78, 5) is 12.7. The number of benzene rings is 1. The Morgan fingerprint density at radius 3 is 2.64 bits per heavy atom. The fourth-order valence-electron chi connectivity index (χ4n) is 4.26. The first-order valence-corrected chi connectivity index (χ1v) is 10.5. The van der Waals surface area contributed by atoms with Gasteiger partial charge in [-0.15, -0.1) is 0 Å². The molecule has 1 aliphatic carbocycles. The highest BCUT2D eigenvalue weighted by molar-refractivity contribution is 5.98. The van der Waals surface area contributed by atoms with Gasteiger partial charge in [0.1, 0.15) is 17.1 Å². The topological polar surface area (TPSA) is 51.5 Å². The minimum atomic E-state index is -0.0171. The van der Waals surface area contributed by atoms with Crippen LogP contribution >= 0.6 is 0 Å².